The molecule has 4 N–H and O–H groups in total. The minimum absolute atomic E-state index is 0. The van der Waals surface area contributed by atoms with Crippen LogP contribution in [0.5, 0.6) is 0 Å². The molecule has 6 heteroatoms. The average molecular weight is 258 g/mol. The molecule has 0 aliphatic carbocycles. The van der Waals surface area contributed by atoms with Crippen LogP contribution in [0.2, 0.25) is 0 Å². The Morgan fingerprint density at radius 3 is 0.444 bits per heavy atom. The normalized spacial score (nSPS) is 12.7. The Hall–Kier alpha value is -0.0301. The Morgan fingerprint density at radius 1 is 0.389 bits per heavy atom. The van der Waals surface area contributed by atoms with Gasteiger partial charge in [0.15, 0.2) is 0 Å². The van der Waals surface area contributed by atoms with E-state index in [0.29, 0.717) is 0 Å². The van der Waals surface area contributed by atoms with Crippen LogP contribution in [-0.2, 0) is 0 Å². The second-order valence-corrected chi connectivity index (χ2v) is 6.24. The van der Waals surface area contributed by atoms with Gasteiger partial charge in [0.2, 0.25) is 0 Å². The van der Waals surface area contributed by atoms with Crippen molar-refractivity contribution in [3.05, 3.63) is 0 Å². The summed E-state index contributed by atoms with van der Waals surface area (Å²) in [7, 11) is 0. The lowest BCUT2D eigenvalue weighted by Gasteiger charge is -2.31. The number of hydrogen-bond acceptors (Lipinski definition) is 4. The first-order valence-corrected chi connectivity index (χ1v) is 5.39. The minimum atomic E-state index is -1.01. The molecular weight excluding hydrogens is 230 g/mol. The van der Waals surface area contributed by atoms with E-state index in [0.717, 1.165) is 0 Å². The van der Waals surface area contributed by atoms with E-state index in [4.69, 9.17) is 20.4 Å². The number of aliphatic hydroxyl groups is 4. The average Bonchev–Trinajstić information content (AvgIpc) is 1.77. The molecule has 4 nitrogen and oxygen atoms in total. The molecule has 0 rings (SSSR count). The first-order chi connectivity index (χ1) is 6.50. The monoisotopic (exact) mass is 258 g/mol. The second-order valence-electron chi connectivity index (χ2n) is 6.24. The summed E-state index contributed by atoms with van der Waals surface area (Å²) in [5, 5.41) is 36.4. The molecule has 0 aromatic rings. The molecule has 0 saturated carbocycles. The summed E-state index contributed by atoms with van der Waals surface area (Å²) in [5.41, 5.74) is -4.03. The number of rotatable bonds is 2. The maximum Gasteiger partial charge on any atom is 0.0872 e. The van der Waals surface area contributed by atoms with Crippen LogP contribution in [0, 0.1) is 0 Å². The maximum atomic E-state index is 9.10. The lowest BCUT2D eigenvalue weighted by molar-refractivity contribution is -0.107. The summed E-state index contributed by atoms with van der Waals surface area (Å²) in [4.78, 5) is 0. The van der Waals surface area contributed by atoms with Gasteiger partial charge in [-0.3, -0.25) is 0 Å². The van der Waals surface area contributed by atoms with Gasteiger partial charge in [0.1, 0.15) is 0 Å². The summed E-state index contributed by atoms with van der Waals surface area (Å²) < 4.78 is 0. The van der Waals surface area contributed by atoms with Crippen LogP contribution in [0.1, 0.15) is 55.4 Å². The third kappa shape index (κ3) is 11.1. The van der Waals surface area contributed by atoms with Crippen molar-refractivity contribution in [2.24, 2.45) is 0 Å². The molecule has 0 bridgehead atoms. The number of hydrogen-bond donors (Lipinski definition) is 4. The lowest BCUT2D eigenvalue weighted by atomic mass is 9.90. The standard InChI is InChI=1S/2C6H14O2.2B/c2*1-5(2,7)6(3,4)8;;/h2*7-8H,1-4H3;;. The molecule has 0 spiro atoms. The predicted molar refractivity (Wildman–Crippen MR) is 76.7 cm³/mol. The molecule has 0 atom stereocenters. The fourth-order valence-electron chi connectivity index (χ4n) is 0. The molecule has 106 valence electrons. The predicted octanol–water partition coefficient (Wildman–Crippen LogP) is 0.295. The molecule has 0 unspecified atom stereocenters. The third-order valence-electron chi connectivity index (χ3n) is 2.99. The Bertz CT molecular complexity index is 156. The van der Waals surface area contributed by atoms with Gasteiger partial charge in [-0.05, 0) is 55.4 Å². The molecular formula is C12H28B2O4. The van der Waals surface area contributed by atoms with Crippen LogP contribution in [-0.4, -0.2) is 59.7 Å². The van der Waals surface area contributed by atoms with E-state index >= 15 is 0 Å². The van der Waals surface area contributed by atoms with Crippen LogP contribution in [0.25, 0.3) is 0 Å². The van der Waals surface area contributed by atoms with E-state index in [1.54, 1.807) is 55.4 Å². The molecule has 0 heterocycles. The minimum Gasteiger partial charge on any atom is -0.387 e. The Labute approximate surface area is 116 Å². The van der Waals surface area contributed by atoms with E-state index < -0.39 is 22.4 Å². The van der Waals surface area contributed by atoms with Gasteiger partial charge >= 0.3 is 0 Å². The SMILES string of the molecule is CC(C)(O)C(C)(C)O.CC(C)(O)C(C)(C)O.[B].[B]. The summed E-state index contributed by atoms with van der Waals surface area (Å²) in [6.07, 6.45) is 0. The van der Waals surface area contributed by atoms with Crippen molar-refractivity contribution in [1.29, 1.82) is 0 Å². The third-order valence-corrected chi connectivity index (χ3v) is 2.99. The first kappa shape index (κ1) is 26.5. The Kier molecular flexibility index (Phi) is 11.1. The van der Waals surface area contributed by atoms with Crippen LogP contribution in [0.3, 0.4) is 0 Å². The molecule has 0 fully saturated rings. The highest BCUT2D eigenvalue weighted by atomic mass is 16.4. The zero-order valence-corrected chi connectivity index (χ0v) is 12.9. The molecule has 6 radical (unpaired) electrons. The van der Waals surface area contributed by atoms with Gasteiger partial charge in [-0.2, -0.15) is 0 Å². The van der Waals surface area contributed by atoms with Crippen LogP contribution in [0.15, 0.2) is 0 Å². The van der Waals surface area contributed by atoms with Crippen molar-refractivity contribution in [1.82, 2.24) is 0 Å². The van der Waals surface area contributed by atoms with E-state index in [1.807, 2.05) is 0 Å². The highest BCUT2D eigenvalue weighted by Gasteiger charge is 2.32. The zero-order valence-electron chi connectivity index (χ0n) is 12.9. The highest BCUT2D eigenvalue weighted by molar-refractivity contribution is 5.76. The molecule has 0 aliphatic heterocycles. The van der Waals surface area contributed by atoms with E-state index in [9.17, 15) is 0 Å². The van der Waals surface area contributed by atoms with Gasteiger partial charge in [-0.25, -0.2) is 0 Å². The van der Waals surface area contributed by atoms with Crippen molar-refractivity contribution in [3.63, 3.8) is 0 Å². The molecule has 0 aromatic heterocycles. The Morgan fingerprint density at radius 2 is 0.444 bits per heavy atom. The first-order valence-electron chi connectivity index (χ1n) is 5.39. The quantitative estimate of drug-likeness (QED) is 0.537. The highest BCUT2D eigenvalue weighted by Crippen LogP contribution is 2.19. The summed E-state index contributed by atoms with van der Waals surface area (Å²) in [6, 6.07) is 0. The largest absolute Gasteiger partial charge is 0.387 e. The van der Waals surface area contributed by atoms with Crippen LogP contribution in [0.4, 0.5) is 0 Å². The summed E-state index contributed by atoms with van der Waals surface area (Å²) in [5.74, 6) is 0. The summed E-state index contributed by atoms with van der Waals surface area (Å²) in [6.45, 7) is 12.6. The Balaban J connectivity index is -0.0000000980. The van der Waals surface area contributed by atoms with Crippen molar-refractivity contribution >= 4 is 16.8 Å². The topological polar surface area (TPSA) is 80.9 Å². The molecule has 0 aromatic carbocycles. The van der Waals surface area contributed by atoms with Gasteiger partial charge in [-0.1, -0.05) is 0 Å². The molecule has 0 aliphatic rings. The maximum absolute atomic E-state index is 9.10. The van der Waals surface area contributed by atoms with E-state index in [1.165, 1.54) is 0 Å². The molecule has 18 heavy (non-hydrogen) atoms. The van der Waals surface area contributed by atoms with Gasteiger partial charge in [-0.15, -0.1) is 0 Å². The van der Waals surface area contributed by atoms with Crippen molar-refractivity contribution < 1.29 is 20.4 Å². The van der Waals surface area contributed by atoms with Crippen LogP contribution >= 0.6 is 0 Å². The second kappa shape index (κ2) is 7.53. The van der Waals surface area contributed by atoms with Crippen molar-refractivity contribution in [3.8, 4) is 0 Å². The van der Waals surface area contributed by atoms with Gasteiger partial charge in [0.25, 0.3) is 0 Å². The van der Waals surface area contributed by atoms with Crippen molar-refractivity contribution in [2.45, 2.75) is 77.8 Å². The van der Waals surface area contributed by atoms with Crippen LogP contribution < -0.4 is 0 Å². The fraction of sp³-hybridized carbons (Fsp3) is 1.00. The van der Waals surface area contributed by atoms with E-state index in [2.05, 4.69) is 0 Å². The zero-order chi connectivity index (χ0) is 14.0. The van der Waals surface area contributed by atoms with Gasteiger partial charge in [0.05, 0.1) is 22.4 Å². The molecule has 0 amide bonds. The van der Waals surface area contributed by atoms with Gasteiger partial charge in [0, 0.05) is 16.8 Å². The smallest absolute Gasteiger partial charge is 0.0872 e. The molecule has 0 saturated heterocycles. The summed E-state index contributed by atoms with van der Waals surface area (Å²) >= 11 is 0. The van der Waals surface area contributed by atoms with Crippen molar-refractivity contribution in [2.75, 3.05) is 0 Å². The van der Waals surface area contributed by atoms with Gasteiger partial charge < -0.3 is 20.4 Å². The fourth-order valence-corrected chi connectivity index (χ4v) is 0. The van der Waals surface area contributed by atoms with E-state index in [-0.39, 0.29) is 16.8 Å². The lowest BCUT2D eigenvalue weighted by Crippen LogP contribution is -2.44.